The molecule has 0 atom stereocenters. The summed E-state index contributed by atoms with van der Waals surface area (Å²) in [7, 11) is 0. The van der Waals surface area contributed by atoms with E-state index in [-0.39, 0.29) is 17.6 Å². The summed E-state index contributed by atoms with van der Waals surface area (Å²) in [5.41, 5.74) is 2.73. The molecule has 114 valence electrons. The number of nitrogens with one attached hydrogen (secondary N) is 1. The fraction of sp³-hybridized carbons (Fsp3) is 0.176. The van der Waals surface area contributed by atoms with Crippen molar-refractivity contribution in [2.24, 2.45) is 11.1 Å². The monoisotopic (exact) mass is 306 g/mol. The summed E-state index contributed by atoms with van der Waals surface area (Å²) in [4.78, 5) is 27.4. The third-order valence-electron chi connectivity index (χ3n) is 3.97. The number of carbonyl (C=O) groups excluding carboxylic acids is 1. The highest BCUT2D eigenvalue weighted by molar-refractivity contribution is 5.94. The molecule has 0 spiro atoms. The Labute approximate surface area is 132 Å². The van der Waals surface area contributed by atoms with Gasteiger partial charge in [-0.05, 0) is 42.3 Å². The first-order valence-corrected chi connectivity index (χ1v) is 7.48. The summed E-state index contributed by atoms with van der Waals surface area (Å²) in [6.45, 7) is 0. The van der Waals surface area contributed by atoms with Crippen LogP contribution in [0.15, 0.2) is 53.8 Å². The molecule has 0 saturated heterocycles. The van der Waals surface area contributed by atoms with Gasteiger partial charge in [-0.2, -0.15) is 0 Å². The fourth-order valence-corrected chi connectivity index (χ4v) is 2.57. The van der Waals surface area contributed by atoms with E-state index in [4.69, 9.17) is 0 Å². The molecule has 1 aliphatic rings. The molecule has 1 aliphatic carbocycles. The number of hydrogen-bond acceptors (Lipinski definition) is 4. The number of anilines is 1. The van der Waals surface area contributed by atoms with Crippen LogP contribution in [0.5, 0.6) is 0 Å². The van der Waals surface area contributed by atoms with E-state index in [1.165, 1.54) is 0 Å². The largest absolute Gasteiger partial charge is 0.326 e. The van der Waals surface area contributed by atoms with Crippen LogP contribution >= 0.6 is 0 Å². The molecule has 1 saturated carbocycles. The van der Waals surface area contributed by atoms with Gasteiger partial charge in [0.2, 0.25) is 11.7 Å². The van der Waals surface area contributed by atoms with Crippen molar-refractivity contribution in [1.29, 1.82) is 0 Å². The van der Waals surface area contributed by atoms with Crippen LogP contribution < -0.4 is 5.32 Å². The van der Waals surface area contributed by atoms with Crippen molar-refractivity contribution in [2.45, 2.75) is 12.8 Å². The number of benzene rings is 1. The standard InChI is InChI=1S/C17H14N4O2/c22-17(12-4-5-12)18-13-8-6-11(7-9-13)15-16(20-23)21-10-2-1-3-14(21)19-15/h1-3,6-10,12H,4-5H2,(H,18,22). The molecule has 6 nitrogen and oxygen atoms in total. The van der Waals surface area contributed by atoms with Gasteiger partial charge in [0.1, 0.15) is 11.3 Å². The fourth-order valence-electron chi connectivity index (χ4n) is 2.57. The minimum atomic E-state index is 0.0701. The van der Waals surface area contributed by atoms with Crippen LogP contribution in [0.2, 0.25) is 0 Å². The van der Waals surface area contributed by atoms with E-state index in [1.807, 2.05) is 42.5 Å². The molecule has 23 heavy (non-hydrogen) atoms. The molecule has 1 N–H and O–H groups in total. The Morgan fingerprint density at radius 1 is 1.17 bits per heavy atom. The first-order valence-electron chi connectivity index (χ1n) is 7.48. The number of pyridine rings is 1. The summed E-state index contributed by atoms with van der Waals surface area (Å²) in [6, 6.07) is 12.8. The highest BCUT2D eigenvalue weighted by atomic mass is 16.3. The van der Waals surface area contributed by atoms with Crippen LogP contribution in [0.3, 0.4) is 0 Å². The number of hydrogen-bond donors (Lipinski definition) is 1. The zero-order valence-electron chi connectivity index (χ0n) is 12.3. The van der Waals surface area contributed by atoms with Crippen molar-refractivity contribution in [3.05, 3.63) is 53.6 Å². The number of fused-ring (bicyclic) bond motifs is 1. The van der Waals surface area contributed by atoms with Crippen LogP contribution in [0.25, 0.3) is 16.9 Å². The minimum Gasteiger partial charge on any atom is -0.326 e. The number of carbonyl (C=O) groups is 1. The van der Waals surface area contributed by atoms with Crippen molar-refractivity contribution < 1.29 is 4.79 Å². The predicted octanol–water partition coefficient (Wildman–Crippen LogP) is 3.75. The van der Waals surface area contributed by atoms with E-state index in [9.17, 15) is 9.70 Å². The molecule has 2 aromatic heterocycles. The Morgan fingerprint density at radius 3 is 2.65 bits per heavy atom. The Kier molecular flexibility index (Phi) is 3.15. The third kappa shape index (κ3) is 2.48. The highest BCUT2D eigenvalue weighted by Crippen LogP contribution is 2.32. The van der Waals surface area contributed by atoms with Gasteiger partial charge >= 0.3 is 0 Å². The molecule has 6 heteroatoms. The van der Waals surface area contributed by atoms with E-state index in [1.54, 1.807) is 10.6 Å². The Balaban J connectivity index is 1.67. The van der Waals surface area contributed by atoms with Crippen LogP contribution in [0.1, 0.15) is 12.8 Å². The summed E-state index contributed by atoms with van der Waals surface area (Å²) < 4.78 is 1.66. The predicted molar refractivity (Wildman–Crippen MR) is 87.4 cm³/mol. The Hall–Kier alpha value is -3.02. The average molecular weight is 306 g/mol. The molecule has 1 fully saturated rings. The van der Waals surface area contributed by atoms with Crippen molar-refractivity contribution in [3.63, 3.8) is 0 Å². The lowest BCUT2D eigenvalue weighted by atomic mass is 10.1. The van der Waals surface area contributed by atoms with Gasteiger partial charge in [-0.1, -0.05) is 18.2 Å². The van der Waals surface area contributed by atoms with Gasteiger partial charge in [0.05, 0.1) is 0 Å². The van der Waals surface area contributed by atoms with Gasteiger partial charge in [-0.15, -0.1) is 4.91 Å². The van der Waals surface area contributed by atoms with Gasteiger partial charge in [-0.25, -0.2) is 4.98 Å². The summed E-state index contributed by atoms with van der Waals surface area (Å²) in [5, 5.41) is 6.01. The van der Waals surface area contributed by atoms with Crippen LogP contribution in [0, 0.1) is 10.8 Å². The maximum atomic E-state index is 11.8. The highest BCUT2D eigenvalue weighted by Gasteiger charge is 2.29. The van der Waals surface area contributed by atoms with Gasteiger partial charge in [0.15, 0.2) is 0 Å². The van der Waals surface area contributed by atoms with Crippen LogP contribution in [-0.4, -0.2) is 15.3 Å². The van der Waals surface area contributed by atoms with E-state index in [0.717, 1.165) is 24.1 Å². The van der Waals surface area contributed by atoms with Gasteiger partial charge < -0.3 is 5.32 Å². The second-order valence-electron chi connectivity index (χ2n) is 5.65. The number of aromatic nitrogens is 2. The Bertz CT molecular complexity index is 895. The van der Waals surface area contributed by atoms with Crippen molar-refractivity contribution in [2.75, 3.05) is 5.32 Å². The van der Waals surface area contributed by atoms with Crippen molar-refractivity contribution in [3.8, 4) is 11.3 Å². The third-order valence-corrected chi connectivity index (χ3v) is 3.97. The first-order chi connectivity index (χ1) is 11.3. The molecule has 0 bridgehead atoms. The molecule has 3 aromatic rings. The van der Waals surface area contributed by atoms with Gasteiger partial charge in [0.25, 0.3) is 0 Å². The molecule has 0 radical (unpaired) electrons. The molecule has 4 rings (SSSR count). The summed E-state index contributed by atoms with van der Waals surface area (Å²) >= 11 is 0. The molecule has 0 aliphatic heterocycles. The second-order valence-corrected chi connectivity index (χ2v) is 5.65. The molecule has 1 amide bonds. The minimum absolute atomic E-state index is 0.0701. The molecular weight excluding hydrogens is 292 g/mol. The zero-order chi connectivity index (χ0) is 15.8. The first kappa shape index (κ1) is 13.6. The average Bonchev–Trinajstić information content (AvgIpc) is 3.36. The van der Waals surface area contributed by atoms with Crippen LogP contribution in [-0.2, 0) is 4.79 Å². The lowest BCUT2D eigenvalue weighted by Gasteiger charge is -2.05. The molecule has 1 aromatic carbocycles. The van der Waals surface area contributed by atoms with E-state index in [2.05, 4.69) is 15.5 Å². The van der Waals surface area contributed by atoms with Gasteiger partial charge in [0, 0.05) is 23.4 Å². The van der Waals surface area contributed by atoms with E-state index >= 15 is 0 Å². The van der Waals surface area contributed by atoms with E-state index in [0.29, 0.717) is 11.3 Å². The molecular formula is C17H14N4O2. The van der Waals surface area contributed by atoms with Crippen LogP contribution in [0.4, 0.5) is 11.5 Å². The van der Waals surface area contributed by atoms with Crippen molar-refractivity contribution >= 4 is 23.1 Å². The number of rotatable bonds is 4. The summed E-state index contributed by atoms with van der Waals surface area (Å²) in [6.07, 6.45) is 3.70. The quantitative estimate of drug-likeness (QED) is 0.746. The number of amides is 1. The topological polar surface area (TPSA) is 75.8 Å². The SMILES string of the molecule is O=Nc1c(-c2ccc(NC(=O)C3CC3)cc2)nc2ccccn12. The van der Waals surface area contributed by atoms with Crippen molar-refractivity contribution in [1.82, 2.24) is 9.38 Å². The van der Waals surface area contributed by atoms with Gasteiger partial charge in [-0.3, -0.25) is 9.20 Å². The lowest BCUT2D eigenvalue weighted by molar-refractivity contribution is -0.117. The summed E-state index contributed by atoms with van der Waals surface area (Å²) in [5.74, 6) is 0.509. The normalized spacial score (nSPS) is 13.9. The number of nitroso groups, excluding NO2 is 1. The maximum absolute atomic E-state index is 11.8. The van der Waals surface area contributed by atoms with E-state index < -0.39 is 0 Å². The lowest BCUT2D eigenvalue weighted by Crippen LogP contribution is -2.12. The zero-order valence-corrected chi connectivity index (χ0v) is 12.3. The molecule has 2 heterocycles. The second kappa shape index (κ2) is 5.31. The smallest absolute Gasteiger partial charge is 0.227 e. The molecule has 0 unspecified atom stereocenters. The Morgan fingerprint density at radius 2 is 1.96 bits per heavy atom. The number of imidazole rings is 1. The maximum Gasteiger partial charge on any atom is 0.227 e. The number of nitrogens with zero attached hydrogens (tertiary/aromatic N) is 3.